The SMILES string of the molecule is C1NN=NN1.NC(=O)O. The van der Waals surface area contributed by atoms with Crippen LogP contribution in [-0.4, -0.2) is 17.9 Å². The van der Waals surface area contributed by atoms with Crippen molar-refractivity contribution in [3.05, 3.63) is 0 Å². The Morgan fingerprint density at radius 3 is 2.00 bits per heavy atom. The number of amides is 1. The van der Waals surface area contributed by atoms with E-state index in [0.29, 0.717) is 6.67 Å². The molecule has 0 radical (unpaired) electrons. The van der Waals surface area contributed by atoms with E-state index in [9.17, 15) is 0 Å². The normalized spacial score (nSPS) is 12.4. The highest BCUT2D eigenvalue weighted by Crippen LogP contribution is 1.66. The van der Waals surface area contributed by atoms with E-state index in [0.717, 1.165) is 0 Å². The maximum absolute atomic E-state index is 8.78. The Morgan fingerprint density at radius 1 is 1.56 bits per heavy atom. The molecule has 9 heavy (non-hydrogen) atoms. The van der Waals surface area contributed by atoms with Crippen molar-refractivity contribution in [2.45, 2.75) is 0 Å². The van der Waals surface area contributed by atoms with Crippen LogP contribution in [0.25, 0.3) is 0 Å². The van der Waals surface area contributed by atoms with Gasteiger partial charge in [0, 0.05) is 0 Å². The molecule has 1 rings (SSSR count). The van der Waals surface area contributed by atoms with Gasteiger partial charge in [0.25, 0.3) is 0 Å². The van der Waals surface area contributed by atoms with E-state index >= 15 is 0 Å². The predicted octanol–water partition coefficient (Wildman–Crippen LogP) is -0.958. The third-order valence-electron chi connectivity index (χ3n) is 0.350. The highest BCUT2D eigenvalue weighted by molar-refractivity contribution is 5.61. The van der Waals surface area contributed by atoms with E-state index in [-0.39, 0.29) is 0 Å². The first-order valence-electron chi connectivity index (χ1n) is 2.07. The number of hydrogen-bond acceptors (Lipinski definition) is 5. The number of nitrogens with two attached hydrogens (primary N) is 1. The van der Waals surface area contributed by atoms with Gasteiger partial charge in [0.2, 0.25) is 0 Å². The maximum Gasteiger partial charge on any atom is 0.402 e. The van der Waals surface area contributed by atoms with Gasteiger partial charge in [-0.25, -0.2) is 4.79 Å². The number of carboxylic acid groups (broad SMARTS) is 1. The molecule has 1 amide bonds. The smallest absolute Gasteiger partial charge is 0.402 e. The summed E-state index contributed by atoms with van der Waals surface area (Å²) in [7, 11) is 0. The molecule has 1 aliphatic rings. The van der Waals surface area contributed by atoms with Crippen LogP contribution in [-0.2, 0) is 0 Å². The summed E-state index contributed by atoms with van der Waals surface area (Å²) in [4.78, 5) is 8.78. The fourth-order valence-electron chi connectivity index (χ4n) is 0.177. The molecule has 7 heteroatoms. The van der Waals surface area contributed by atoms with Gasteiger partial charge in [-0.2, -0.15) is 0 Å². The second-order valence-corrected chi connectivity index (χ2v) is 1.03. The predicted molar refractivity (Wildman–Crippen MR) is 28.2 cm³/mol. The third kappa shape index (κ3) is 10.7. The van der Waals surface area contributed by atoms with Crippen molar-refractivity contribution in [1.82, 2.24) is 10.9 Å². The molecule has 1 aliphatic heterocycles. The Balaban J connectivity index is 0.000000148. The lowest BCUT2D eigenvalue weighted by atomic mass is 11.2. The summed E-state index contributed by atoms with van der Waals surface area (Å²) < 4.78 is 0. The molecule has 0 saturated heterocycles. The van der Waals surface area contributed by atoms with E-state index in [2.05, 4.69) is 27.0 Å². The topological polar surface area (TPSA) is 112 Å². The average Bonchev–Trinajstić information content (AvgIpc) is 2.11. The molecule has 7 nitrogen and oxygen atoms in total. The summed E-state index contributed by atoms with van der Waals surface area (Å²) in [6.07, 6.45) is -1.33. The molecule has 0 aromatic heterocycles. The number of primary amides is 1. The molecule has 0 atom stereocenters. The zero-order valence-corrected chi connectivity index (χ0v) is 4.53. The largest absolute Gasteiger partial charge is 0.465 e. The highest BCUT2D eigenvalue weighted by atomic mass is 16.4. The molecule has 0 bridgehead atoms. The number of nitrogens with one attached hydrogen (secondary N) is 2. The van der Waals surface area contributed by atoms with Crippen molar-refractivity contribution in [3.63, 3.8) is 0 Å². The van der Waals surface area contributed by atoms with E-state index in [1.807, 2.05) is 0 Å². The average molecular weight is 133 g/mol. The number of nitrogens with zero attached hydrogens (tertiary/aromatic N) is 2. The second kappa shape index (κ2) is 4.62. The minimum atomic E-state index is -1.33. The van der Waals surface area contributed by atoms with Gasteiger partial charge in [0.1, 0.15) is 6.67 Å². The fourth-order valence-corrected chi connectivity index (χ4v) is 0.177. The molecule has 1 heterocycles. The van der Waals surface area contributed by atoms with Gasteiger partial charge in [-0.3, -0.25) is 10.9 Å². The van der Waals surface area contributed by atoms with Crippen molar-refractivity contribution < 1.29 is 9.90 Å². The van der Waals surface area contributed by atoms with Crippen LogP contribution in [0.1, 0.15) is 0 Å². The molecule has 0 aromatic rings. The Kier molecular flexibility index (Phi) is 3.84. The molecule has 0 saturated carbocycles. The number of rotatable bonds is 0. The first-order valence-corrected chi connectivity index (χ1v) is 2.07. The first kappa shape index (κ1) is 7.47. The summed E-state index contributed by atoms with van der Waals surface area (Å²) >= 11 is 0. The molecule has 0 unspecified atom stereocenters. The second-order valence-electron chi connectivity index (χ2n) is 1.03. The zero-order chi connectivity index (χ0) is 7.11. The molecule has 0 spiro atoms. The summed E-state index contributed by atoms with van der Waals surface area (Å²) in [6.45, 7) is 0.667. The molecule has 0 fully saturated rings. The lowest BCUT2D eigenvalue weighted by molar-refractivity contribution is 0.205. The Morgan fingerprint density at radius 2 is 1.89 bits per heavy atom. The van der Waals surface area contributed by atoms with Crippen molar-refractivity contribution >= 4 is 6.09 Å². The van der Waals surface area contributed by atoms with Crippen LogP contribution in [0.4, 0.5) is 4.79 Å². The van der Waals surface area contributed by atoms with Crippen molar-refractivity contribution in [3.8, 4) is 0 Å². The highest BCUT2D eigenvalue weighted by Gasteiger charge is 1.80. The van der Waals surface area contributed by atoms with Crippen LogP contribution in [0.2, 0.25) is 0 Å². The van der Waals surface area contributed by atoms with Gasteiger partial charge in [-0.1, -0.05) is 10.4 Å². The number of carbonyl (C=O) groups is 1. The number of hydrogen-bond donors (Lipinski definition) is 4. The molecule has 0 aromatic carbocycles. The van der Waals surface area contributed by atoms with Gasteiger partial charge in [0.15, 0.2) is 0 Å². The van der Waals surface area contributed by atoms with Crippen LogP contribution >= 0.6 is 0 Å². The molecule has 52 valence electrons. The van der Waals surface area contributed by atoms with Gasteiger partial charge in [0.05, 0.1) is 0 Å². The minimum Gasteiger partial charge on any atom is -0.465 e. The molecule has 5 N–H and O–H groups in total. The van der Waals surface area contributed by atoms with Gasteiger partial charge >= 0.3 is 6.09 Å². The Hall–Kier alpha value is -1.53. The zero-order valence-electron chi connectivity index (χ0n) is 4.53. The van der Waals surface area contributed by atoms with Crippen molar-refractivity contribution in [2.75, 3.05) is 6.67 Å². The van der Waals surface area contributed by atoms with Gasteiger partial charge in [-0.05, 0) is 0 Å². The van der Waals surface area contributed by atoms with Crippen LogP contribution in [0.5, 0.6) is 0 Å². The Bertz CT molecular complexity index is 102. The van der Waals surface area contributed by atoms with Crippen molar-refractivity contribution in [2.24, 2.45) is 16.2 Å². The molecular weight excluding hydrogens is 126 g/mol. The molecule has 0 aliphatic carbocycles. The van der Waals surface area contributed by atoms with Crippen LogP contribution in [0.15, 0.2) is 10.4 Å². The Labute approximate surface area is 50.9 Å². The summed E-state index contributed by atoms with van der Waals surface area (Å²) in [5.74, 6) is 0. The lowest BCUT2D eigenvalue weighted by Gasteiger charge is -1.75. The van der Waals surface area contributed by atoms with E-state index in [1.54, 1.807) is 0 Å². The quantitative estimate of drug-likeness (QED) is 0.341. The van der Waals surface area contributed by atoms with E-state index in [4.69, 9.17) is 9.90 Å². The van der Waals surface area contributed by atoms with Crippen LogP contribution in [0.3, 0.4) is 0 Å². The van der Waals surface area contributed by atoms with Crippen LogP contribution in [0, 0.1) is 0 Å². The van der Waals surface area contributed by atoms with Crippen LogP contribution < -0.4 is 16.6 Å². The molecular formula is C2H7N5O2. The monoisotopic (exact) mass is 133 g/mol. The van der Waals surface area contributed by atoms with E-state index in [1.165, 1.54) is 0 Å². The third-order valence-corrected chi connectivity index (χ3v) is 0.350. The fraction of sp³-hybridized carbons (Fsp3) is 0.500. The standard InChI is InChI=1S/CH4N4.CH3NO2/c1-2-4-5-3-1;2-1(3)4/h1H2,(H,2,5)(H,3,4);2H2,(H,3,4). The van der Waals surface area contributed by atoms with E-state index < -0.39 is 6.09 Å². The maximum atomic E-state index is 8.78. The summed E-state index contributed by atoms with van der Waals surface area (Å²) in [5.41, 5.74) is 9.17. The minimum absolute atomic E-state index is 0.667. The first-order chi connectivity index (χ1) is 4.23. The summed E-state index contributed by atoms with van der Waals surface area (Å²) in [5, 5.41) is 13.9. The lowest BCUT2D eigenvalue weighted by Crippen LogP contribution is -2.10. The van der Waals surface area contributed by atoms with Gasteiger partial charge in [-0.15, -0.1) is 0 Å². The summed E-state index contributed by atoms with van der Waals surface area (Å²) in [6, 6.07) is 0. The van der Waals surface area contributed by atoms with Gasteiger partial charge < -0.3 is 10.8 Å². The van der Waals surface area contributed by atoms with Crippen molar-refractivity contribution in [1.29, 1.82) is 0 Å².